The van der Waals surface area contributed by atoms with E-state index in [1.807, 2.05) is 0 Å². The summed E-state index contributed by atoms with van der Waals surface area (Å²) in [7, 11) is 1.20. The van der Waals surface area contributed by atoms with Crippen molar-refractivity contribution in [3.63, 3.8) is 0 Å². The topological polar surface area (TPSA) is 172 Å². The molecule has 1 aromatic heterocycles. The lowest BCUT2D eigenvalue weighted by Gasteiger charge is -2.24. The molecule has 2 rings (SSSR count). The summed E-state index contributed by atoms with van der Waals surface area (Å²) in [6, 6.07) is 0. The summed E-state index contributed by atoms with van der Waals surface area (Å²) < 4.78 is 25.8. The lowest BCUT2D eigenvalue weighted by atomic mass is 10.1. The van der Waals surface area contributed by atoms with Gasteiger partial charge in [0.05, 0.1) is 7.11 Å². The molecule has 1 fully saturated rings. The third-order valence-corrected chi connectivity index (χ3v) is 4.08. The number of rotatable bonds is 8. The summed E-state index contributed by atoms with van der Waals surface area (Å²) in [5, 5.41) is 2.80. The molecular weight excluding hydrogens is 430 g/mol. The fraction of sp³-hybridized carbons (Fsp3) is 0.474. The highest BCUT2D eigenvalue weighted by molar-refractivity contribution is 5.87. The molecule has 0 bridgehead atoms. The van der Waals surface area contributed by atoms with Gasteiger partial charge in [-0.1, -0.05) is 0 Å². The first-order valence-electron chi connectivity index (χ1n) is 9.36. The van der Waals surface area contributed by atoms with Crippen LogP contribution >= 0.6 is 0 Å². The Balaban J connectivity index is 2.37. The van der Waals surface area contributed by atoms with Crippen LogP contribution < -0.4 is 11.0 Å². The number of methoxy groups -OCH3 is 1. The summed E-state index contributed by atoms with van der Waals surface area (Å²) in [6.45, 7) is 3.20. The van der Waals surface area contributed by atoms with Crippen LogP contribution in [0.25, 0.3) is 6.08 Å². The van der Waals surface area contributed by atoms with E-state index in [2.05, 4.69) is 20.0 Å². The van der Waals surface area contributed by atoms with Crippen LogP contribution in [0.4, 0.5) is 5.82 Å². The molecule has 1 aromatic rings. The van der Waals surface area contributed by atoms with Gasteiger partial charge in [-0.25, -0.2) is 9.59 Å². The lowest BCUT2D eigenvalue weighted by Crippen LogP contribution is -2.43. The number of aromatic amines is 1. The highest BCUT2D eigenvalue weighted by atomic mass is 16.7. The second kappa shape index (κ2) is 11.0. The molecule has 1 saturated heterocycles. The Morgan fingerprint density at radius 3 is 2.38 bits per heavy atom. The van der Waals surface area contributed by atoms with Gasteiger partial charge in [-0.3, -0.25) is 14.4 Å². The van der Waals surface area contributed by atoms with Crippen LogP contribution in [-0.2, 0) is 42.9 Å². The van der Waals surface area contributed by atoms with Gasteiger partial charge in [0.1, 0.15) is 18.5 Å². The minimum absolute atomic E-state index is 0.0224. The number of ether oxygens (including phenoxy) is 5. The SMILES string of the molecule is COC(=O)C=Cc1c[nH]c(=O)nc1N[C@@H]1O[C@H](COC(C)=O)[C@H](OC(C)=O)[C@H]1OC(C)=O. The van der Waals surface area contributed by atoms with Crippen molar-refractivity contribution < 1.29 is 42.9 Å². The smallest absolute Gasteiger partial charge is 0.346 e. The van der Waals surface area contributed by atoms with E-state index in [0.29, 0.717) is 0 Å². The third kappa shape index (κ3) is 6.91. The van der Waals surface area contributed by atoms with Crippen LogP contribution in [0.3, 0.4) is 0 Å². The van der Waals surface area contributed by atoms with Crippen LogP contribution in [-0.4, -0.2) is 72.1 Å². The lowest BCUT2D eigenvalue weighted by molar-refractivity contribution is -0.165. The van der Waals surface area contributed by atoms with Gasteiger partial charge in [0.25, 0.3) is 0 Å². The molecule has 174 valence electrons. The number of carbonyl (C=O) groups is 4. The number of anilines is 1. The highest BCUT2D eigenvalue weighted by Gasteiger charge is 2.50. The summed E-state index contributed by atoms with van der Waals surface area (Å²) in [5.41, 5.74) is -0.439. The molecule has 1 aliphatic heterocycles. The molecule has 0 unspecified atom stereocenters. The van der Waals surface area contributed by atoms with Crippen LogP contribution in [0.5, 0.6) is 0 Å². The van der Waals surface area contributed by atoms with Crippen molar-refractivity contribution in [3.05, 3.63) is 28.3 Å². The number of nitrogens with zero attached hydrogens (tertiary/aromatic N) is 1. The quantitative estimate of drug-likeness (QED) is 0.294. The average molecular weight is 453 g/mol. The first-order chi connectivity index (χ1) is 15.1. The van der Waals surface area contributed by atoms with E-state index in [1.54, 1.807) is 0 Å². The molecule has 1 aliphatic rings. The Kier molecular flexibility index (Phi) is 8.46. The van der Waals surface area contributed by atoms with Crippen LogP contribution in [0.2, 0.25) is 0 Å². The van der Waals surface area contributed by atoms with Gasteiger partial charge < -0.3 is 34.0 Å². The summed E-state index contributed by atoms with van der Waals surface area (Å²) in [6.07, 6.45) is -0.714. The minimum Gasteiger partial charge on any atom is -0.466 e. The third-order valence-electron chi connectivity index (χ3n) is 4.08. The number of esters is 4. The largest absolute Gasteiger partial charge is 0.466 e. The van der Waals surface area contributed by atoms with E-state index in [9.17, 15) is 24.0 Å². The van der Waals surface area contributed by atoms with Crippen molar-refractivity contribution in [2.24, 2.45) is 0 Å². The van der Waals surface area contributed by atoms with Crippen molar-refractivity contribution in [2.45, 2.75) is 45.3 Å². The number of aromatic nitrogens is 2. The van der Waals surface area contributed by atoms with E-state index in [1.165, 1.54) is 26.3 Å². The Bertz CT molecular complexity index is 957. The molecule has 0 saturated carbocycles. The van der Waals surface area contributed by atoms with Crippen molar-refractivity contribution in [1.82, 2.24) is 9.97 Å². The van der Waals surface area contributed by atoms with Gasteiger partial charge in [0, 0.05) is 38.6 Å². The molecule has 2 N–H and O–H groups in total. The van der Waals surface area contributed by atoms with E-state index < -0.39 is 54.1 Å². The van der Waals surface area contributed by atoms with E-state index in [4.69, 9.17) is 18.9 Å². The van der Waals surface area contributed by atoms with Gasteiger partial charge in [-0.15, -0.1) is 0 Å². The van der Waals surface area contributed by atoms with E-state index in [0.717, 1.165) is 19.9 Å². The van der Waals surface area contributed by atoms with Gasteiger partial charge in [0.15, 0.2) is 18.4 Å². The van der Waals surface area contributed by atoms with E-state index >= 15 is 0 Å². The van der Waals surface area contributed by atoms with Crippen molar-refractivity contribution >= 4 is 35.8 Å². The zero-order valence-corrected chi connectivity index (χ0v) is 17.8. The Morgan fingerprint density at radius 2 is 1.78 bits per heavy atom. The maximum Gasteiger partial charge on any atom is 0.346 e. The second-order valence-corrected chi connectivity index (χ2v) is 6.56. The molecule has 2 heterocycles. The molecule has 32 heavy (non-hydrogen) atoms. The molecular formula is C19H23N3O10. The molecule has 4 atom stereocenters. The Hall–Kier alpha value is -3.74. The monoisotopic (exact) mass is 453 g/mol. The number of nitrogens with one attached hydrogen (secondary N) is 2. The molecule has 13 heteroatoms. The second-order valence-electron chi connectivity index (χ2n) is 6.56. The average Bonchev–Trinajstić information content (AvgIpc) is 3.00. The molecule has 0 amide bonds. The number of hydrogen-bond donors (Lipinski definition) is 2. The Morgan fingerprint density at radius 1 is 1.12 bits per heavy atom. The van der Waals surface area contributed by atoms with Crippen LogP contribution in [0.1, 0.15) is 26.3 Å². The molecule has 0 aromatic carbocycles. The van der Waals surface area contributed by atoms with Crippen molar-refractivity contribution in [3.8, 4) is 0 Å². The minimum atomic E-state index is -1.17. The molecule has 0 aliphatic carbocycles. The zero-order valence-electron chi connectivity index (χ0n) is 17.8. The normalized spacial score (nSPS) is 22.2. The van der Waals surface area contributed by atoms with Crippen LogP contribution in [0.15, 0.2) is 17.1 Å². The highest BCUT2D eigenvalue weighted by Crippen LogP contribution is 2.29. The predicted molar refractivity (Wildman–Crippen MR) is 106 cm³/mol. The van der Waals surface area contributed by atoms with Crippen LogP contribution in [0, 0.1) is 0 Å². The van der Waals surface area contributed by atoms with Gasteiger partial charge in [0.2, 0.25) is 0 Å². The first kappa shape index (κ1) is 24.5. The van der Waals surface area contributed by atoms with Gasteiger partial charge >= 0.3 is 29.6 Å². The van der Waals surface area contributed by atoms with Gasteiger partial charge in [-0.05, 0) is 6.08 Å². The zero-order chi connectivity index (χ0) is 23.8. The van der Waals surface area contributed by atoms with Crippen molar-refractivity contribution in [2.75, 3.05) is 19.0 Å². The fourth-order valence-electron chi connectivity index (χ4n) is 2.84. The van der Waals surface area contributed by atoms with E-state index in [-0.39, 0.29) is 18.0 Å². The molecule has 0 radical (unpaired) electrons. The predicted octanol–water partition coefficient (Wildman–Crippen LogP) is -0.481. The summed E-state index contributed by atoms with van der Waals surface area (Å²) >= 11 is 0. The maximum absolute atomic E-state index is 11.7. The molecule has 13 nitrogen and oxygen atoms in total. The molecule has 0 spiro atoms. The standard InChI is InChI=1S/C19H23N3O10/c1-9(23)29-8-13-15(30-10(2)24)16(31-11(3)25)18(32-13)21-17-12(5-6-14(26)28-4)7-20-19(27)22-17/h5-7,13,15-16,18H,8H2,1-4H3,(H2,20,21,22,27)/t13-,15+,16-,18-/m1/s1. The fourth-order valence-corrected chi connectivity index (χ4v) is 2.84. The summed E-state index contributed by atoms with van der Waals surface area (Å²) in [5.74, 6) is -2.64. The first-order valence-corrected chi connectivity index (χ1v) is 9.36. The van der Waals surface area contributed by atoms with Gasteiger partial charge in [-0.2, -0.15) is 4.98 Å². The number of carbonyl (C=O) groups excluding carboxylic acids is 4. The summed E-state index contributed by atoms with van der Waals surface area (Å²) in [4.78, 5) is 63.8. The van der Waals surface area contributed by atoms with Crippen molar-refractivity contribution in [1.29, 1.82) is 0 Å². The number of H-pyrrole nitrogens is 1. The maximum atomic E-state index is 11.7. The number of hydrogen-bond acceptors (Lipinski definition) is 12. The Labute approximate surface area is 182 Å².